The maximum absolute atomic E-state index is 11.9. The molecule has 0 amide bonds. The topological polar surface area (TPSA) is 75.8 Å². The minimum Gasteiger partial charge on any atom is -0.369 e. The van der Waals surface area contributed by atoms with Gasteiger partial charge in [-0.3, -0.25) is 0 Å². The molecule has 1 aromatic rings. The van der Waals surface area contributed by atoms with Crippen LogP contribution >= 0.6 is 27.3 Å². The summed E-state index contributed by atoms with van der Waals surface area (Å²) in [6, 6.07) is 1.88. The highest BCUT2D eigenvalue weighted by atomic mass is 79.9. The van der Waals surface area contributed by atoms with Crippen molar-refractivity contribution in [2.45, 2.75) is 12.5 Å². The number of thiophene rings is 1. The maximum atomic E-state index is 11.9. The monoisotopic (exact) mass is 337 g/mol. The summed E-state index contributed by atoms with van der Waals surface area (Å²) in [7, 11) is -1.98. The second-order valence-electron chi connectivity index (χ2n) is 4.11. The molecule has 0 aliphatic carbocycles. The van der Waals surface area contributed by atoms with E-state index in [2.05, 4.69) is 20.9 Å². The number of guanidine groups is 1. The molecule has 0 aromatic carbocycles. The molecule has 2 N–H and O–H groups in total. The Bertz CT molecular complexity index is 581. The van der Waals surface area contributed by atoms with Gasteiger partial charge in [-0.1, -0.05) is 0 Å². The van der Waals surface area contributed by atoms with Crippen molar-refractivity contribution in [3.05, 3.63) is 20.8 Å². The molecule has 94 valence electrons. The zero-order chi connectivity index (χ0) is 12.8. The zero-order valence-electron chi connectivity index (χ0n) is 9.34. The van der Waals surface area contributed by atoms with E-state index in [0.29, 0.717) is 0 Å². The number of nitrogens with zero attached hydrogens (tertiary/aromatic N) is 2. The molecule has 5 nitrogen and oxygen atoms in total. The van der Waals surface area contributed by atoms with Gasteiger partial charge in [0.05, 0.1) is 9.54 Å². The molecule has 0 radical (unpaired) electrons. The quantitative estimate of drug-likeness (QED) is 0.839. The van der Waals surface area contributed by atoms with Crippen LogP contribution in [-0.4, -0.2) is 31.5 Å². The summed E-state index contributed by atoms with van der Waals surface area (Å²) in [6.07, 6.45) is 0. The molecule has 17 heavy (non-hydrogen) atoms. The van der Waals surface area contributed by atoms with Crippen LogP contribution in [0.15, 0.2) is 20.2 Å². The van der Waals surface area contributed by atoms with Gasteiger partial charge in [-0.25, -0.2) is 17.7 Å². The van der Waals surface area contributed by atoms with E-state index in [-0.39, 0.29) is 11.7 Å². The number of rotatable bonds is 1. The lowest BCUT2D eigenvalue weighted by atomic mass is 9.98. The molecular formula is C9H12BrN3O2S2. The predicted octanol–water partition coefficient (Wildman–Crippen LogP) is 1.32. The van der Waals surface area contributed by atoms with Crippen LogP contribution in [0.2, 0.25) is 0 Å². The Morgan fingerprint density at radius 1 is 1.65 bits per heavy atom. The summed E-state index contributed by atoms with van der Waals surface area (Å²) >= 11 is 4.85. The van der Waals surface area contributed by atoms with Crippen molar-refractivity contribution in [1.29, 1.82) is 0 Å². The summed E-state index contributed by atoms with van der Waals surface area (Å²) in [5.41, 5.74) is 5.71. The minimum absolute atomic E-state index is 0.0288. The molecule has 1 aliphatic rings. The van der Waals surface area contributed by atoms with Gasteiger partial charge in [-0.2, -0.15) is 0 Å². The fourth-order valence-electron chi connectivity index (χ4n) is 1.69. The van der Waals surface area contributed by atoms with Crippen molar-refractivity contribution in [3.8, 4) is 0 Å². The summed E-state index contributed by atoms with van der Waals surface area (Å²) in [6.45, 7) is 1.78. The third-order valence-electron chi connectivity index (χ3n) is 2.75. The number of hydrogen-bond donors (Lipinski definition) is 1. The van der Waals surface area contributed by atoms with Gasteiger partial charge in [0.15, 0.2) is 0 Å². The molecule has 0 spiro atoms. The number of hydrogen-bond acceptors (Lipinski definition) is 5. The lowest BCUT2D eigenvalue weighted by Gasteiger charge is -2.33. The van der Waals surface area contributed by atoms with Crippen molar-refractivity contribution in [2.75, 3.05) is 12.8 Å². The van der Waals surface area contributed by atoms with Crippen LogP contribution in [0.1, 0.15) is 12.5 Å². The van der Waals surface area contributed by atoms with E-state index in [9.17, 15) is 8.42 Å². The molecule has 0 saturated heterocycles. The molecule has 1 aromatic heterocycles. The van der Waals surface area contributed by atoms with E-state index in [1.54, 1.807) is 6.92 Å². The molecule has 0 bridgehead atoms. The molecule has 0 saturated carbocycles. The highest BCUT2D eigenvalue weighted by Crippen LogP contribution is 2.35. The summed E-state index contributed by atoms with van der Waals surface area (Å²) in [5.74, 6) is -0.0403. The number of aliphatic imine (C=N–C) groups is 1. The van der Waals surface area contributed by atoms with Gasteiger partial charge in [-0.15, -0.1) is 11.3 Å². The average molecular weight is 338 g/mol. The minimum atomic E-state index is -3.39. The Hall–Kier alpha value is -0.600. The normalized spacial score (nSPS) is 27.9. The van der Waals surface area contributed by atoms with Crippen molar-refractivity contribution < 1.29 is 8.42 Å². The fraction of sp³-hybridized carbons (Fsp3) is 0.444. The van der Waals surface area contributed by atoms with Gasteiger partial charge >= 0.3 is 0 Å². The molecule has 0 fully saturated rings. The standard InChI is InChI=1S/C9H12BrN3O2S2/c1-9(6-3-7(10)16-4-6)5-17(14,15)13(2)8(11)12-9/h3-4H,5H2,1-2H3,(H2,11,12)/t9-/m0/s1. The predicted molar refractivity (Wildman–Crippen MR) is 72.5 cm³/mol. The average Bonchev–Trinajstić information content (AvgIpc) is 2.61. The van der Waals surface area contributed by atoms with Gasteiger partial charge in [0, 0.05) is 7.05 Å². The number of nitrogens with two attached hydrogens (primary N) is 1. The highest BCUT2D eigenvalue weighted by Gasteiger charge is 2.40. The van der Waals surface area contributed by atoms with Gasteiger partial charge in [0.1, 0.15) is 5.54 Å². The van der Waals surface area contributed by atoms with Crippen LogP contribution in [0, 0.1) is 0 Å². The van der Waals surface area contributed by atoms with E-state index in [1.807, 2.05) is 11.4 Å². The smallest absolute Gasteiger partial charge is 0.239 e. The molecule has 8 heteroatoms. The molecule has 1 aliphatic heterocycles. The first kappa shape index (κ1) is 12.8. The van der Waals surface area contributed by atoms with Crippen molar-refractivity contribution in [1.82, 2.24) is 4.31 Å². The fourth-order valence-corrected chi connectivity index (χ4v) is 4.43. The van der Waals surface area contributed by atoms with Crippen LogP contribution < -0.4 is 5.73 Å². The van der Waals surface area contributed by atoms with E-state index >= 15 is 0 Å². The molecule has 2 rings (SSSR count). The SMILES string of the molecule is CN1C(N)=N[C@](C)(c2csc(Br)c2)CS1(=O)=O. The van der Waals surface area contributed by atoms with Crippen LogP contribution in [-0.2, 0) is 15.6 Å². The third-order valence-corrected chi connectivity index (χ3v) is 6.21. The van der Waals surface area contributed by atoms with Crippen LogP contribution in [0.25, 0.3) is 0 Å². The van der Waals surface area contributed by atoms with Crippen molar-refractivity contribution in [3.63, 3.8) is 0 Å². The van der Waals surface area contributed by atoms with Gasteiger partial charge in [-0.05, 0) is 39.9 Å². The summed E-state index contributed by atoms with van der Waals surface area (Å²) in [5, 5.41) is 1.89. The maximum Gasteiger partial charge on any atom is 0.239 e. The second-order valence-corrected chi connectivity index (χ2v) is 8.40. The van der Waals surface area contributed by atoms with Gasteiger partial charge < -0.3 is 5.73 Å². The lowest BCUT2D eigenvalue weighted by Crippen LogP contribution is -2.50. The van der Waals surface area contributed by atoms with Crippen LogP contribution in [0.3, 0.4) is 0 Å². The number of halogens is 1. The van der Waals surface area contributed by atoms with Gasteiger partial charge in [0.2, 0.25) is 16.0 Å². The summed E-state index contributed by atoms with van der Waals surface area (Å²) in [4.78, 5) is 4.30. The highest BCUT2D eigenvalue weighted by molar-refractivity contribution is 9.11. The van der Waals surface area contributed by atoms with E-state index in [4.69, 9.17) is 5.73 Å². The van der Waals surface area contributed by atoms with Crippen molar-refractivity contribution >= 4 is 43.2 Å². The van der Waals surface area contributed by atoms with Gasteiger partial charge in [0.25, 0.3) is 0 Å². The Labute approximate surface area is 113 Å². The lowest BCUT2D eigenvalue weighted by molar-refractivity contribution is 0.477. The molecule has 0 unspecified atom stereocenters. The second kappa shape index (κ2) is 3.96. The van der Waals surface area contributed by atoms with E-state index in [0.717, 1.165) is 13.7 Å². The Morgan fingerprint density at radius 3 is 2.76 bits per heavy atom. The molecular weight excluding hydrogens is 326 g/mol. The first-order chi connectivity index (χ1) is 7.74. The Morgan fingerprint density at radius 2 is 2.29 bits per heavy atom. The van der Waals surface area contributed by atoms with Crippen LogP contribution in [0.5, 0.6) is 0 Å². The van der Waals surface area contributed by atoms with Crippen molar-refractivity contribution in [2.24, 2.45) is 10.7 Å². The van der Waals surface area contributed by atoms with Crippen LogP contribution in [0.4, 0.5) is 0 Å². The molecule has 2 heterocycles. The Kier molecular flexibility index (Phi) is 2.99. The molecule has 1 atom stereocenters. The summed E-state index contributed by atoms with van der Waals surface area (Å²) < 4.78 is 25.9. The Balaban J connectivity index is 2.53. The first-order valence-electron chi connectivity index (χ1n) is 4.81. The number of sulfonamides is 1. The van der Waals surface area contributed by atoms with E-state index < -0.39 is 15.6 Å². The largest absolute Gasteiger partial charge is 0.369 e. The first-order valence-corrected chi connectivity index (χ1v) is 8.09. The van der Waals surface area contributed by atoms with E-state index in [1.165, 1.54) is 18.4 Å². The zero-order valence-corrected chi connectivity index (χ0v) is 12.6. The third kappa shape index (κ3) is 2.21.